The highest BCUT2D eigenvalue weighted by molar-refractivity contribution is 6.11. The van der Waals surface area contributed by atoms with Crippen molar-refractivity contribution in [1.82, 2.24) is 10.0 Å². The number of ether oxygens (including phenoxy) is 1. The smallest absolute Gasteiger partial charge is 0.282 e. The van der Waals surface area contributed by atoms with Crippen LogP contribution in [0.15, 0.2) is 97.1 Å². The second-order valence-corrected chi connectivity index (χ2v) is 11.0. The number of methoxy groups -OCH3 is 1. The first-order valence-electron chi connectivity index (χ1n) is 14.1. The summed E-state index contributed by atoms with van der Waals surface area (Å²) >= 11 is 0. The summed E-state index contributed by atoms with van der Waals surface area (Å²) in [5, 5.41) is 13.4. The molecule has 0 saturated carbocycles. The third-order valence-electron chi connectivity index (χ3n) is 8.94. The summed E-state index contributed by atoms with van der Waals surface area (Å²) in [5.74, 6) is -4.77. The van der Waals surface area contributed by atoms with Gasteiger partial charge in [-0.25, -0.2) is 5.01 Å². The maximum atomic E-state index is 14.4. The number of imide groups is 1. The van der Waals surface area contributed by atoms with Gasteiger partial charge in [-0.1, -0.05) is 60.7 Å². The van der Waals surface area contributed by atoms with Crippen LogP contribution in [0.2, 0.25) is 0 Å². The molecular weight excluding hydrogens is 562 g/mol. The molecule has 10 nitrogen and oxygen atoms in total. The molecule has 8 rings (SSSR count). The van der Waals surface area contributed by atoms with Crippen LogP contribution in [-0.4, -0.2) is 52.1 Å². The number of nitrogens with zero attached hydrogens (tertiary/aromatic N) is 3. The monoisotopic (exact) mass is 587 g/mol. The first kappa shape index (κ1) is 27.2. The number of hydrogen-bond donors (Lipinski definition) is 0. The van der Waals surface area contributed by atoms with Crippen LogP contribution in [0.3, 0.4) is 0 Å². The Morgan fingerprint density at radius 1 is 0.773 bits per heavy atom. The van der Waals surface area contributed by atoms with Gasteiger partial charge in [-0.15, -0.1) is 0 Å². The number of ketones is 1. The topological polar surface area (TPSA) is 127 Å². The van der Waals surface area contributed by atoms with Crippen molar-refractivity contribution in [2.24, 2.45) is 11.8 Å². The zero-order chi connectivity index (χ0) is 30.7. The van der Waals surface area contributed by atoms with Crippen LogP contribution in [0.5, 0.6) is 5.75 Å². The van der Waals surface area contributed by atoms with E-state index < -0.39 is 64.3 Å². The minimum atomic E-state index is -0.998. The Morgan fingerprint density at radius 3 is 1.73 bits per heavy atom. The normalized spacial score (nSPS) is 20.9. The lowest BCUT2D eigenvalue weighted by Gasteiger charge is -2.45. The molecule has 0 unspecified atom stereocenters. The van der Waals surface area contributed by atoms with E-state index in [2.05, 4.69) is 0 Å². The van der Waals surface area contributed by atoms with E-state index >= 15 is 0 Å². The molecule has 0 spiro atoms. The second kappa shape index (κ2) is 10.3. The highest BCUT2D eigenvalue weighted by Crippen LogP contribution is 2.61. The van der Waals surface area contributed by atoms with Crippen LogP contribution < -0.4 is 4.74 Å². The Labute approximate surface area is 251 Å². The Kier molecular flexibility index (Phi) is 6.35. The summed E-state index contributed by atoms with van der Waals surface area (Å²) in [6.07, 6.45) is 0. The zero-order valence-electron chi connectivity index (χ0n) is 23.5. The summed E-state index contributed by atoms with van der Waals surface area (Å²) in [7, 11) is 1.48. The van der Waals surface area contributed by atoms with Gasteiger partial charge in [-0.3, -0.25) is 29.3 Å². The Balaban J connectivity index is 1.34. The van der Waals surface area contributed by atoms with Gasteiger partial charge < -0.3 is 4.74 Å². The minimum Gasteiger partial charge on any atom is -0.497 e. The van der Waals surface area contributed by atoms with Gasteiger partial charge in [0.2, 0.25) is 0 Å². The Hall–Kier alpha value is -5.64. The average Bonchev–Trinajstić information content (AvgIpc) is 3.32. The number of benzene rings is 4. The molecule has 2 bridgehead atoms. The first-order chi connectivity index (χ1) is 21.3. The van der Waals surface area contributed by atoms with Gasteiger partial charge in [-0.2, -0.15) is 5.01 Å². The van der Waals surface area contributed by atoms with Crippen LogP contribution in [0.25, 0.3) is 0 Å². The maximum absolute atomic E-state index is 14.4. The number of amides is 3. The Morgan fingerprint density at radius 2 is 1.25 bits per heavy atom. The molecule has 0 radical (unpaired) electrons. The molecular formula is C34H25N3O7. The van der Waals surface area contributed by atoms with Crippen molar-refractivity contribution in [2.75, 3.05) is 13.7 Å². The van der Waals surface area contributed by atoms with Gasteiger partial charge in [0.05, 0.1) is 23.9 Å². The van der Waals surface area contributed by atoms with Gasteiger partial charge in [0, 0.05) is 23.5 Å². The number of nitro benzene ring substituents is 1. The molecule has 4 aliphatic rings. The SMILES string of the molecule is COc1ccc(C(=O)CN(C(=O)c2ccccc2[N+](=O)[O-])N2C(=O)[C@@H]3C4c5ccccc5C(c5ccccc54)[C@H]3C2=O)cc1. The number of hydrogen-bond acceptors (Lipinski definition) is 7. The quantitative estimate of drug-likeness (QED) is 0.132. The second-order valence-electron chi connectivity index (χ2n) is 11.0. The number of carbonyl (C=O) groups is 4. The summed E-state index contributed by atoms with van der Waals surface area (Å²) in [6.45, 7) is -0.691. The van der Waals surface area contributed by atoms with Crippen LogP contribution >= 0.6 is 0 Å². The van der Waals surface area contributed by atoms with Crippen LogP contribution in [0.1, 0.15) is 54.8 Å². The lowest BCUT2D eigenvalue weighted by Crippen LogP contribution is -2.52. The Bertz CT molecular complexity index is 1770. The minimum absolute atomic E-state index is 0.211. The van der Waals surface area contributed by atoms with E-state index in [4.69, 9.17) is 4.74 Å². The molecule has 44 heavy (non-hydrogen) atoms. The summed E-state index contributed by atoms with van der Waals surface area (Å²) < 4.78 is 5.17. The van der Waals surface area contributed by atoms with Crippen LogP contribution in [0, 0.1) is 22.0 Å². The van der Waals surface area contributed by atoms with Crippen molar-refractivity contribution >= 4 is 29.2 Å². The van der Waals surface area contributed by atoms with Crippen molar-refractivity contribution < 1.29 is 28.8 Å². The first-order valence-corrected chi connectivity index (χ1v) is 14.1. The standard InChI is InChI=1S/C34H25N3O7/c1-44-20-16-14-19(15-17-20)27(38)18-35(32(39)25-12-6-7-13-26(25)37(42)43)36-33(40)30-28-21-8-2-3-9-22(21)29(31(30)34(36)41)24-11-5-4-10-23(24)28/h2-17,28-31H,18H2,1H3/t28?,29?,30-,31-/m1/s1. The predicted octanol–water partition coefficient (Wildman–Crippen LogP) is 4.74. The lowest BCUT2D eigenvalue weighted by atomic mass is 9.55. The number of rotatable bonds is 7. The van der Waals surface area contributed by atoms with E-state index in [1.807, 2.05) is 48.5 Å². The highest BCUT2D eigenvalue weighted by Gasteiger charge is 2.63. The maximum Gasteiger partial charge on any atom is 0.282 e. The molecule has 0 aromatic heterocycles. The molecule has 1 heterocycles. The molecule has 2 atom stereocenters. The van der Waals surface area contributed by atoms with E-state index in [1.54, 1.807) is 12.1 Å². The van der Waals surface area contributed by atoms with E-state index in [0.29, 0.717) is 5.75 Å². The van der Waals surface area contributed by atoms with Gasteiger partial charge in [0.15, 0.2) is 5.78 Å². The molecule has 1 aliphatic heterocycles. The van der Waals surface area contributed by atoms with Crippen molar-refractivity contribution in [3.8, 4) is 5.75 Å². The highest BCUT2D eigenvalue weighted by atomic mass is 16.6. The fourth-order valence-electron chi connectivity index (χ4n) is 7.09. The van der Waals surface area contributed by atoms with Crippen molar-refractivity contribution in [1.29, 1.82) is 0 Å². The lowest BCUT2D eigenvalue weighted by molar-refractivity contribution is -0.385. The number of hydrazine groups is 1. The van der Waals surface area contributed by atoms with Gasteiger partial charge in [0.25, 0.3) is 23.4 Å². The van der Waals surface area contributed by atoms with Crippen molar-refractivity contribution in [3.05, 3.63) is 141 Å². The predicted molar refractivity (Wildman–Crippen MR) is 157 cm³/mol. The molecule has 4 aromatic rings. The third kappa shape index (κ3) is 3.94. The molecule has 10 heteroatoms. The molecule has 4 aromatic carbocycles. The molecule has 0 N–H and O–H groups in total. The zero-order valence-corrected chi connectivity index (χ0v) is 23.5. The van der Waals surface area contributed by atoms with Gasteiger partial charge >= 0.3 is 0 Å². The third-order valence-corrected chi connectivity index (χ3v) is 8.94. The fourth-order valence-corrected chi connectivity index (χ4v) is 7.09. The summed E-state index contributed by atoms with van der Waals surface area (Å²) in [4.78, 5) is 67.7. The fraction of sp³-hybridized carbons (Fsp3) is 0.176. The number of para-hydroxylation sites is 1. The van der Waals surface area contributed by atoms with E-state index in [0.717, 1.165) is 38.3 Å². The molecule has 3 aliphatic carbocycles. The van der Waals surface area contributed by atoms with E-state index in [-0.39, 0.29) is 11.1 Å². The van der Waals surface area contributed by atoms with Crippen molar-refractivity contribution in [3.63, 3.8) is 0 Å². The van der Waals surface area contributed by atoms with Crippen LogP contribution in [-0.2, 0) is 9.59 Å². The summed E-state index contributed by atoms with van der Waals surface area (Å²) in [6, 6.07) is 26.9. The molecule has 3 amide bonds. The number of nitro groups is 1. The number of carbonyl (C=O) groups excluding carboxylic acids is 4. The van der Waals surface area contributed by atoms with Gasteiger partial charge in [-0.05, 0) is 52.6 Å². The molecule has 1 fully saturated rings. The van der Waals surface area contributed by atoms with Crippen LogP contribution in [0.4, 0.5) is 5.69 Å². The van der Waals surface area contributed by atoms with E-state index in [9.17, 15) is 29.3 Å². The van der Waals surface area contributed by atoms with E-state index in [1.165, 1.54) is 37.4 Å². The van der Waals surface area contributed by atoms with Gasteiger partial charge in [0.1, 0.15) is 17.9 Å². The average molecular weight is 588 g/mol. The van der Waals surface area contributed by atoms with Crippen molar-refractivity contribution in [2.45, 2.75) is 11.8 Å². The summed E-state index contributed by atoms with van der Waals surface area (Å²) in [5.41, 5.74) is 3.17. The molecule has 218 valence electrons. The largest absolute Gasteiger partial charge is 0.497 e. The molecule has 1 saturated heterocycles. The number of Topliss-reactive ketones (excluding diaryl/α,β-unsaturated/α-hetero) is 1.